The van der Waals surface area contributed by atoms with Crippen molar-refractivity contribution in [2.24, 2.45) is 28.6 Å². The molecule has 0 radical (unpaired) electrons. The van der Waals surface area contributed by atoms with Gasteiger partial charge in [-0.25, -0.2) is 0 Å². The first kappa shape index (κ1) is 28.9. The molecule has 4 N–H and O–H groups in total. The number of carbonyl (C=O) groups excluding carboxylic acids is 2. The molecule has 1 aliphatic heterocycles. The zero-order valence-electron chi connectivity index (χ0n) is 25.6. The van der Waals surface area contributed by atoms with Crippen LogP contribution in [0.2, 0.25) is 0 Å². The first-order chi connectivity index (χ1) is 21.6. The fraction of sp³-hybridized carbons (Fsp3) is 0.459. The van der Waals surface area contributed by atoms with E-state index >= 15 is 0 Å². The molecule has 0 bridgehead atoms. The normalized spacial score (nSPS) is 38.4. The maximum atomic E-state index is 13.8. The van der Waals surface area contributed by atoms with Crippen LogP contribution >= 0.6 is 0 Å². The van der Waals surface area contributed by atoms with Gasteiger partial charge < -0.3 is 29.8 Å². The molecule has 234 valence electrons. The first-order valence-corrected chi connectivity index (χ1v) is 16.0. The number of hydrogen-bond acceptors (Lipinski definition) is 8. The predicted octanol–water partition coefficient (Wildman–Crippen LogP) is 5.21. The molecule has 4 aliphatic carbocycles. The van der Waals surface area contributed by atoms with Gasteiger partial charge in [0.05, 0.1) is 24.2 Å². The average Bonchev–Trinajstić information content (AvgIpc) is 3.73. The lowest BCUT2D eigenvalue weighted by Crippen LogP contribution is -2.63. The Balaban J connectivity index is 1.08. The molecule has 3 aromatic rings. The summed E-state index contributed by atoms with van der Waals surface area (Å²) in [5.41, 5.74) is 8.95. The molecule has 8 nitrogen and oxygen atoms in total. The zero-order chi connectivity index (χ0) is 31.3. The van der Waals surface area contributed by atoms with Crippen molar-refractivity contribution in [3.8, 4) is 0 Å². The van der Waals surface area contributed by atoms with Crippen LogP contribution in [-0.2, 0) is 25.5 Å². The van der Waals surface area contributed by atoms with Crippen LogP contribution < -0.4 is 5.73 Å². The maximum Gasteiger partial charge on any atom is 0.193 e. The fourth-order valence-electron chi connectivity index (χ4n) is 10.1. The van der Waals surface area contributed by atoms with E-state index in [0.717, 1.165) is 40.5 Å². The number of anilines is 1. The van der Waals surface area contributed by atoms with Crippen LogP contribution in [0.1, 0.15) is 62.5 Å². The highest BCUT2D eigenvalue weighted by molar-refractivity contribution is 6.01. The number of fused-ring (bicyclic) bond motifs is 8. The molecule has 8 rings (SSSR count). The van der Waals surface area contributed by atoms with E-state index in [-0.39, 0.29) is 29.3 Å². The highest BCUT2D eigenvalue weighted by Gasteiger charge is 2.75. The Morgan fingerprint density at radius 1 is 1.11 bits per heavy atom. The third-order valence-electron chi connectivity index (χ3n) is 12.2. The van der Waals surface area contributed by atoms with E-state index in [1.165, 1.54) is 0 Å². The van der Waals surface area contributed by atoms with Gasteiger partial charge in [0.2, 0.25) is 0 Å². The Morgan fingerprint density at radius 2 is 1.91 bits per heavy atom. The molecule has 2 heterocycles. The number of furan rings is 1. The Hall–Kier alpha value is -3.56. The van der Waals surface area contributed by atoms with E-state index in [2.05, 4.69) is 13.8 Å². The van der Waals surface area contributed by atoms with Crippen molar-refractivity contribution in [1.29, 1.82) is 0 Å². The molecule has 0 amide bonds. The smallest absolute Gasteiger partial charge is 0.193 e. The zero-order valence-corrected chi connectivity index (χ0v) is 25.6. The largest absolute Gasteiger partial charge is 0.462 e. The van der Waals surface area contributed by atoms with Gasteiger partial charge in [-0.1, -0.05) is 55.8 Å². The molecular formula is C37H39NO7. The highest BCUT2D eigenvalue weighted by Crippen LogP contribution is 2.70. The second-order valence-corrected chi connectivity index (χ2v) is 14.2. The van der Waals surface area contributed by atoms with E-state index < -0.39 is 41.5 Å². The van der Waals surface area contributed by atoms with Crippen LogP contribution in [0.15, 0.2) is 76.9 Å². The lowest BCUT2D eigenvalue weighted by atomic mass is 9.46. The number of rotatable bonds is 5. The molecule has 2 aromatic carbocycles. The lowest BCUT2D eigenvalue weighted by Gasteiger charge is -2.59. The van der Waals surface area contributed by atoms with Gasteiger partial charge in [-0.15, -0.1) is 0 Å². The Labute approximate surface area is 261 Å². The molecule has 45 heavy (non-hydrogen) atoms. The summed E-state index contributed by atoms with van der Waals surface area (Å²) in [5, 5.41) is 23.1. The summed E-state index contributed by atoms with van der Waals surface area (Å²) >= 11 is 0. The van der Waals surface area contributed by atoms with Crippen LogP contribution in [0, 0.1) is 28.6 Å². The molecule has 9 atom stereocenters. The second kappa shape index (κ2) is 9.97. The SMILES string of the molecule is C[C@]12C=CC(=O)C=C1CC[C@@H]1[C@@H]2[C@@H](O)C[C@@]2(C)[C@H]1C[C@H]1O[C@@H](c3ccc(Cc4ccc(N)c5occc45)cc3)O[C@]12C(=O)CO. The molecule has 4 fully saturated rings. The number of allylic oxidation sites excluding steroid dienone is 4. The molecule has 3 saturated carbocycles. The van der Waals surface area contributed by atoms with Gasteiger partial charge in [-0.3, -0.25) is 9.59 Å². The number of nitrogen functional groups attached to an aromatic ring is 1. The molecular weight excluding hydrogens is 570 g/mol. The average molecular weight is 610 g/mol. The van der Waals surface area contributed by atoms with Gasteiger partial charge in [-0.2, -0.15) is 0 Å². The number of aliphatic hydroxyl groups excluding tert-OH is 2. The second-order valence-electron chi connectivity index (χ2n) is 14.2. The van der Waals surface area contributed by atoms with E-state index in [4.69, 9.17) is 19.6 Å². The van der Waals surface area contributed by atoms with Gasteiger partial charge in [-0.05, 0) is 79.4 Å². The van der Waals surface area contributed by atoms with Crippen molar-refractivity contribution in [2.45, 2.75) is 70.1 Å². The van der Waals surface area contributed by atoms with Crippen LogP contribution in [0.3, 0.4) is 0 Å². The summed E-state index contributed by atoms with van der Waals surface area (Å²) in [7, 11) is 0. The monoisotopic (exact) mass is 609 g/mol. The number of ether oxygens (including phenoxy) is 2. The summed E-state index contributed by atoms with van der Waals surface area (Å²) < 4.78 is 18.9. The van der Waals surface area contributed by atoms with Gasteiger partial charge in [0, 0.05) is 27.7 Å². The van der Waals surface area contributed by atoms with Crippen LogP contribution in [0.25, 0.3) is 11.0 Å². The van der Waals surface area contributed by atoms with Crippen LogP contribution in [-0.4, -0.2) is 46.2 Å². The van der Waals surface area contributed by atoms with Crippen molar-refractivity contribution >= 4 is 28.2 Å². The Bertz CT molecular complexity index is 1770. The van der Waals surface area contributed by atoms with Crippen molar-refractivity contribution in [2.75, 3.05) is 12.3 Å². The number of ketones is 2. The summed E-state index contributed by atoms with van der Waals surface area (Å²) in [6.07, 6.45) is 8.24. The molecule has 1 saturated heterocycles. The van der Waals surface area contributed by atoms with Crippen LogP contribution in [0.5, 0.6) is 0 Å². The molecule has 0 unspecified atom stereocenters. The van der Waals surface area contributed by atoms with Gasteiger partial charge >= 0.3 is 0 Å². The molecule has 1 aromatic heterocycles. The number of Topliss-reactive ketones (excluding diaryl/α,β-unsaturated/α-hetero) is 1. The lowest BCUT2D eigenvalue weighted by molar-refractivity contribution is -0.201. The number of hydrogen-bond donors (Lipinski definition) is 3. The minimum atomic E-state index is -1.37. The number of nitrogens with two attached hydrogens (primary N) is 1. The minimum Gasteiger partial charge on any atom is -0.462 e. The van der Waals surface area contributed by atoms with E-state index in [9.17, 15) is 19.8 Å². The number of aliphatic hydroxyl groups is 2. The Morgan fingerprint density at radius 3 is 2.69 bits per heavy atom. The first-order valence-electron chi connectivity index (χ1n) is 16.0. The Kier molecular flexibility index (Phi) is 6.40. The summed E-state index contributed by atoms with van der Waals surface area (Å²) in [5.74, 6) is -0.292. The number of carbonyl (C=O) groups is 2. The fourth-order valence-corrected chi connectivity index (χ4v) is 10.1. The topological polar surface area (TPSA) is 132 Å². The minimum absolute atomic E-state index is 0.000318. The molecule has 8 heteroatoms. The third kappa shape index (κ3) is 3.92. The highest BCUT2D eigenvalue weighted by atomic mass is 16.7. The van der Waals surface area contributed by atoms with E-state index in [0.29, 0.717) is 30.5 Å². The molecule has 0 spiro atoms. The van der Waals surface area contributed by atoms with Crippen molar-refractivity contribution in [3.63, 3.8) is 0 Å². The maximum absolute atomic E-state index is 13.8. The predicted molar refractivity (Wildman–Crippen MR) is 167 cm³/mol. The summed E-state index contributed by atoms with van der Waals surface area (Å²) in [6, 6.07) is 13.8. The van der Waals surface area contributed by atoms with E-state index in [1.807, 2.05) is 48.5 Å². The van der Waals surface area contributed by atoms with Gasteiger partial charge in [0.15, 0.2) is 29.0 Å². The quantitative estimate of drug-likeness (QED) is 0.336. The van der Waals surface area contributed by atoms with Crippen molar-refractivity contribution in [3.05, 3.63) is 89.2 Å². The van der Waals surface area contributed by atoms with Crippen LogP contribution in [0.4, 0.5) is 5.69 Å². The number of benzene rings is 2. The van der Waals surface area contributed by atoms with Crippen molar-refractivity contribution in [1.82, 2.24) is 0 Å². The van der Waals surface area contributed by atoms with Gasteiger partial charge in [0.25, 0.3) is 0 Å². The van der Waals surface area contributed by atoms with E-state index in [1.54, 1.807) is 18.4 Å². The summed E-state index contributed by atoms with van der Waals surface area (Å²) in [6.45, 7) is 3.53. The van der Waals surface area contributed by atoms with Crippen molar-refractivity contribution < 1.29 is 33.7 Å². The summed E-state index contributed by atoms with van der Waals surface area (Å²) in [4.78, 5) is 26.0. The standard InChI is InChI=1S/C37H39NO7/c1-35-13-11-24(40)16-23(35)8-9-26-27-17-31-37(30(42)19-39,36(27,2)18-29(41)32(26)35)45-34(44-31)21-5-3-20(4-6-21)15-22-7-10-28(38)33-25(22)12-14-43-33/h3-7,10-14,16,26-27,29,31-32,34,39,41H,8-9,15,17-19,38H2,1-2H3/t26-,27-,29-,31+,32+,34+,35-,36-,37+/m0/s1. The third-order valence-corrected chi connectivity index (χ3v) is 12.2. The van der Waals surface area contributed by atoms with Gasteiger partial charge in [0.1, 0.15) is 6.61 Å². The molecule has 5 aliphatic rings.